The lowest BCUT2D eigenvalue weighted by molar-refractivity contribution is 0.597. The van der Waals surface area contributed by atoms with Crippen molar-refractivity contribution in [1.29, 1.82) is 0 Å². The van der Waals surface area contributed by atoms with E-state index in [1.807, 2.05) is 30.3 Å². The maximum Gasteiger partial charge on any atom is 0.0595 e. The molecular weight excluding hydrogens is 312 g/mol. The first-order valence-corrected chi connectivity index (χ1v) is 6.87. The van der Waals surface area contributed by atoms with Crippen molar-refractivity contribution in [2.24, 2.45) is 5.73 Å². The molecule has 0 radical (unpaired) electrons. The Morgan fingerprint density at radius 1 is 1.22 bits per heavy atom. The van der Waals surface area contributed by atoms with Gasteiger partial charge in [0.2, 0.25) is 0 Å². The zero-order valence-electron chi connectivity index (χ0n) is 9.98. The van der Waals surface area contributed by atoms with Gasteiger partial charge in [0.05, 0.1) is 5.02 Å². The molecule has 2 N–H and O–H groups in total. The third kappa shape index (κ3) is 2.74. The number of hydrogen-bond acceptors (Lipinski definition) is 2. The molecule has 0 aliphatic rings. The number of rotatable bonds is 3. The average Bonchev–Trinajstić information content (AvgIpc) is 2.41. The Hall–Kier alpha value is -0.900. The van der Waals surface area contributed by atoms with E-state index in [1.54, 1.807) is 12.4 Å². The van der Waals surface area contributed by atoms with E-state index in [-0.39, 0.29) is 12.0 Å². The molecule has 1 heterocycles. The van der Waals surface area contributed by atoms with Crippen LogP contribution in [0.4, 0.5) is 0 Å². The Morgan fingerprint density at radius 2 is 1.89 bits per heavy atom. The van der Waals surface area contributed by atoms with Gasteiger partial charge in [0.1, 0.15) is 0 Å². The first-order valence-electron chi connectivity index (χ1n) is 5.70. The molecule has 2 aromatic rings. The van der Waals surface area contributed by atoms with Gasteiger partial charge >= 0.3 is 0 Å². The van der Waals surface area contributed by atoms with E-state index in [9.17, 15) is 0 Å². The van der Waals surface area contributed by atoms with Crippen molar-refractivity contribution in [1.82, 2.24) is 4.98 Å². The Balaban J connectivity index is 2.31. The Kier molecular flexibility index (Phi) is 4.38. The van der Waals surface area contributed by atoms with Crippen molar-refractivity contribution in [3.05, 3.63) is 63.3 Å². The molecule has 2 atom stereocenters. The monoisotopic (exact) mass is 324 g/mol. The first kappa shape index (κ1) is 13.5. The number of nitrogens with zero attached hydrogens (tertiary/aromatic N) is 1. The SMILES string of the molecule is CC(c1ccncc1)C(N)c1cccc(Br)c1Cl. The molecule has 0 aliphatic carbocycles. The summed E-state index contributed by atoms with van der Waals surface area (Å²) in [7, 11) is 0. The molecule has 0 fully saturated rings. The lowest BCUT2D eigenvalue weighted by Gasteiger charge is -2.22. The fourth-order valence-electron chi connectivity index (χ4n) is 1.92. The molecule has 0 saturated carbocycles. The van der Waals surface area contributed by atoms with Gasteiger partial charge in [-0.25, -0.2) is 0 Å². The van der Waals surface area contributed by atoms with Crippen molar-refractivity contribution in [2.45, 2.75) is 18.9 Å². The number of benzene rings is 1. The van der Waals surface area contributed by atoms with Crippen LogP contribution in [-0.2, 0) is 0 Å². The third-order valence-electron chi connectivity index (χ3n) is 3.11. The van der Waals surface area contributed by atoms with E-state index in [4.69, 9.17) is 17.3 Å². The lowest BCUT2D eigenvalue weighted by Crippen LogP contribution is -2.18. The van der Waals surface area contributed by atoms with Crippen molar-refractivity contribution in [3.8, 4) is 0 Å². The summed E-state index contributed by atoms with van der Waals surface area (Å²) < 4.78 is 0.874. The van der Waals surface area contributed by atoms with E-state index in [2.05, 4.69) is 27.8 Å². The lowest BCUT2D eigenvalue weighted by atomic mass is 9.90. The molecule has 0 amide bonds. The van der Waals surface area contributed by atoms with Crippen LogP contribution in [0.5, 0.6) is 0 Å². The minimum absolute atomic E-state index is 0.141. The number of aromatic nitrogens is 1. The Morgan fingerprint density at radius 3 is 2.56 bits per heavy atom. The summed E-state index contributed by atoms with van der Waals surface area (Å²) in [4.78, 5) is 4.02. The van der Waals surface area contributed by atoms with Gasteiger partial charge < -0.3 is 5.73 Å². The second-order valence-electron chi connectivity index (χ2n) is 4.24. The second kappa shape index (κ2) is 5.83. The number of nitrogens with two attached hydrogens (primary N) is 1. The van der Waals surface area contributed by atoms with Crippen LogP contribution in [0.1, 0.15) is 30.0 Å². The van der Waals surface area contributed by atoms with Gasteiger partial charge in [-0.3, -0.25) is 4.98 Å². The maximum absolute atomic E-state index is 6.31. The summed E-state index contributed by atoms with van der Waals surface area (Å²) >= 11 is 9.70. The van der Waals surface area contributed by atoms with E-state index in [0.29, 0.717) is 5.02 Å². The molecule has 94 valence electrons. The summed E-state index contributed by atoms with van der Waals surface area (Å²) in [5.74, 6) is 0.180. The van der Waals surface area contributed by atoms with E-state index in [0.717, 1.165) is 15.6 Å². The van der Waals surface area contributed by atoms with Crippen molar-refractivity contribution in [2.75, 3.05) is 0 Å². The molecule has 0 saturated heterocycles. The molecular formula is C14H14BrClN2. The molecule has 0 bridgehead atoms. The predicted octanol–water partition coefficient (Wildman–Crippen LogP) is 4.30. The zero-order chi connectivity index (χ0) is 13.1. The summed E-state index contributed by atoms with van der Waals surface area (Å²) in [5.41, 5.74) is 8.43. The molecule has 2 rings (SSSR count). The molecule has 2 nitrogen and oxygen atoms in total. The van der Waals surface area contributed by atoms with Gasteiger partial charge in [0.25, 0.3) is 0 Å². The molecule has 0 spiro atoms. The van der Waals surface area contributed by atoms with Crippen LogP contribution in [0.3, 0.4) is 0 Å². The van der Waals surface area contributed by atoms with Gasteiger partial charge in [-0.2, -0.15) is 0 Å². The van der Waals surface area contributed by atoms with Crippen LogP contribution < -0.4 is 5.73 Å². The number of pyridine rings is 1. The van der Waals surface area contributed by atoms with Crippen molar-refractivity contribution < 1.29 is 0 Å². The van der Waals surface area contributed by atoms with E-state index in [1.165, 1.54) is 0 Å². The number of hydrogen-bond donors (Lipinski definition) is 1. The van der Waals surface area contributed by atoms with E-state index >= 15 is 0 Å². The minimum atomic E-state index is -0.141. The average molecular weight is 326 g/mol. The highest BCUT2D eigenvalue weighted by Gasteiger charge is 2.19. The third-order valence-corrected chi connectivity index (χ3v) is 4.42. The molecule has 4 heteroatoms. The summed E-state index contributed by atoms with van der Waals surface area (Å²) in [6.07, 6.45) is 3.56. The van der Waals surface area contributed by atoms with Crippen LogP contribution >= 0.6 is 27.5 Å². The van der Waals surface area contributed by atoms with Crippen LogP contribution in [0.2, 0.25) is 5.02 Å². The molecule has 18 heavy (non-hydrogen) atoms. The largest absolute Gasteiger partial charge is 0.323 e. The quantitative estimate of drug-likeness (QED) is 0.913. The Labute approximate surface area is 120 Å². The van der Waals surface area contributed by atoms with E-state index < -0.39 is 0 Å². The summed E-state index contributed by atoms with van der Waals surface area (Å²) in [6.45, 7) is 2.09. The first-order chi connectivity index (χ1) is 8.61. The highest BCUT2D eigenvalue weighted by atomic mass is 79.9. The standard InChI is InChI=1S/C14H14BrClN2/c1-9(10-5-7-18-8-6-10)14(17)11-3-2-4-12(15)13(11)16/h2-9,14H,17H2,1H3. The minimum Gasteiger partial charge on any atom is -0.323 e. The van der Waals surface area contributed by atoms with Gasteiger partial charge in [0.15, 0.2) is 0 Å². The van der Waals surface area contributed by atoms with Gasteiger partial charge in [-0.1, -0.05) is 30.7 Å². The van der Waals surface area contributed by atoms with Crippen LogP contribution in [-0.4, -0.2) is 4.98 Å². The zero-order valence-corrected chi connectivity index (χ0v) is 12.3. The summed E-state index contributed by atoms with van der Waals surface area (Å²) in [6, 6.07) is 9.65. The fourth-order valence-corrected chi connectivity index (χ4v) is 2.56. The van der Waals surface area contributed by atoms with Gasteiger partial charge in [0, 0.05) is 28.8 Å². The highest BCUT2D eigenvalue weighted by Crippen LogP contribution is 2.35. The van der Waals surface area contributed by atoms with Crippen LogP contribution in [0.25, 0.3) is 0 Å². The molecule has 1 aromatic carbocycles. The highest BCUT2D eigenvalue weighted by molar-refractivity contribution is 9.10. The number of halogens is 2. The van der Waals surface area contributed by atoms with Crippen molar-refractivity contribution >= 4 is 27.5 Å². The van der Waals surface area contributed by atoms with Gasteiger partial charge in [-0.15, -0.1) is 0 Å². The summed E-state index contributed by atoms with van der Waals surface area (Å²) in [5, 5.41) is 0.686. The molecule has 0 aliphatic heterocycles. The normalized spacial score (nSPS) is 14.2. The predicted molar refractivity (Wildman–Crippen MR) is 78.7 cm³/mol. The fraction of sp³-hybridized carbons (Fsp3) is 0.214. The van der Waals surface area contributed by atoms with Crippen molar-refractivity contribution in [3.63, 3.8) is 0 Å². The second-order valence-corrected chi connectivity index (χ2v) is 5.47. The van der Waals surface area contributed by atoms with Gasteiger partial charge in [-0.05, 0) is 45.3 Å². The smallest absolute Gasteiger partial charge is 0.0595 e. The molecule has 1 aromatic heterocycles. The van der Waals surface area contributed by atoms with Crippen LogP contribution in [0.15, 0.2) is 47.2 Å². The molecule has 2 unspecified atom stereocenters. The van der Waals surface area contributed by atoms with Crippen LogP contribution in [0, 0.1) is 0 Å². The maximum atomic E-state index is 6.31. The topological polar surface area (TPSA) is 38.9 Å². The Bertz CT molecular complexity index is 531.